The largest absolute Gasteiger partial charge is 0.465 e. The van der Waals surface area contributed by atoms with Crippen molar-refractivity contribution in [3.05, 3.63) is 12.2 Å². The van der Waals surface area contributed by atoms with Gasteiger partial charge in [-0.15, -0.1) is 0 Å². The molecule has 1 atom stereocenters. The summed E-state index contributed by atoms with van der Waals surface area (Å²) in [6, 6.07) is 0. The van der Waals surface area contributed by atoms with Crippen LogP contribution in [-0.4, -0.2) is 12.6 Å². The Kier molecular flexibility index (Phi) is 3.85. The second-order valence-corrected chi connectivity index (χ2v) is 3.15. The lowest BCUT2D eigenvalue weighted by Gasteiger charge is -2.15. The fraction of sp³-hybridized carbons (Fsp3) is 0.700. The standard InChI is InChI=1S/C10H16O2/c1-2-8-12-10(11)9-6-4-3-5-7-9/h3-4,9H,2,5-8H2,1H3. The van der Waals surface area contributed by atoms with E-state index >= 15 is 0 Å². The highest BCUT2D eigenvalue weighted by molar-refractivity contribution is 5.72. The minimum atomic E-state index is -0.0128. The normalized spacial score (nSPS) is 22.2. The van der Waals surface area contributed by atoms with Crippen molar-refractivity contribution < 1.29 is 9.53 Å². The maximum Gasteiger partial charge on any atom is 0.309 e. The van der Waals surface area contributed by atoms with Gasteiger partial charge in [0.05, 0.1) is 12.5 Å². The predicted molar refractivity (Wildman–Crippen MR) is 47.7 cm³/mol. The summed E-state index contributed by atoms with van der Waals surface area (Å²) in [5.74, 6) is 0.114. The summed E-state index contributed by atoms with van der Waals surface area (Å²) < 4.78 is 5.06. The van der Waals surface area contributed by atoms with E-state index in [2.05, 4.69) is 12.2 Å². The Bertz CT molecular complexity index is 173. The van der Waals surface area contributed by atoms with Crippen LogP contribution in [0.15, 0.2) is 12.2 Å². The van der Waals surface area contributed by atoms with Crippen LogP contribution in [0, 0.1) is 5.92 Å². The van der Waals surface area contributed by atoms with E-state index in [-0.39, 0.29) is 11.9 Å². The van der Waals surface area contributed by atoms with Gasteiger partial charge < -0.3 is 4.74 Å². The molecular weight excluding hydrogens is 152 g/mol. The van der Waals surface area contributed by atoms with Crippen LogP contribution < -0.4 is 0 Å². The summed E-state index contributed by atoms with van der Waals surface area (Å²) in [6.07, 6.45) is 7.95. The number of allylic oxidation sites excluding steroid dienone is 2. The zero-order valence-corrected chi connectivity index (χ0v) is 7.58. The predicted octanol–water partition coefficient (Wildman–Crippen LogP) is 2.30. The fourth-order valence-corrected chi connectivity index (χ4v) is 1.33. The molecule has 0 radical (unpaired) electrons. The van der Waals surface area contributed by atoms with Crippen molar-refractivity contribution in [1.82, 2.24) is 0 Å². The van der Waals surface area contributed by atoms with Gasteiger partial charge in [0.2, 0.25) is 0 Å². The van der Waals surface area contributed by atoms with E-state index in [1.807, 2.05) is 6.92 Å². The van der Waals surface area contributed by atoms with E-state index < -0.39 is 0 Å². The topological polar surface area (TPSA) is 26.3 Å². The highest BCUT2D eigenvalue weighted by atomic mass is 16.5. The maximum atomic E-state index is 11.3. The van der Waals surface area contributed by atoms with Gasteiger partial charge in [-0.2, -0.15) is 0 Å². The molecular formula is C10H16O2. The van der Waals surface area contributed by atoms with Crippen molar-refractivity contribution in [2.75, 3.05) is 6.61 Å². The van der Waals surface area contributed by atoms with Gasteiger partial charge in [-0.25, -0.2) is 0 Å². The van der Waals surface area contributed by atoms with Gasteiger partial charge in [0.15, 0.2) is 0 Å². The summed E-state index contributed by atoms with van der Waals surface area (Å²) in [6.45, 7) is 2.58. The molecule has 2 heteroatoms. The highest BCUT2D eigenvalue weighted by Crippen LogP contribution is 2.19. The lowest BCUT2D eigenvalue weighted by atomic mass is 9.95. The van der Waals surface area contributed by atoms with Crippen LogP contribution in [0.5, 0.6) is 0 Å². The van der Waals surface area contributed by atoms with Crippen LogP contribution in [0.3, 0.4) is 0 Å². The molecule has 0 aromatic rings. The molecule has 0 fully saturated rings. The molecule has 1 aliphatic carbocycles. The molecule has 2 nitrogen and oxygen atoms in total. The Labute approximate surface area is 73.6 Å². The van der Waals surface area contributed by atoms with E-state index in [1.54, 1.807) is 0 Å². The number of hydrogen-bond acceptors (Lipinski definition) is 2. The third-order valence-electron chi connectivity index (χ3n) is 2.05. The SMILES string of the molecule is CCCOC(=O)C1CC=CCC1. The minimum Gasteiger partial charge on any atom is -0.465 e. The molecule has 0 heterocycles. The van der Waals surface area contributed by atoms with Crippen molar-refractivity contribution in [2.45, 2.75) is 32.6 Å². The van der Waals surface area contributed by atoms with Crippen molar-refractivity contribution in [3.63, 3.8) is 0 Å². The van der Waals surface area contributed by atoms with E-state index in [1.165, 1.54) is 0 Å². The number of esters is 1. The zero-order valence-electron chi connectivity index (χ0n) is 7.58. The van der Waals surface area contributed by atoms with Crippen molar-refractivity contribution in [2.24, 2.45) is 5.92 Å². The second-order valence-electron chi connectivity index (χ2n) is 3.15. The number of hydrogen-bond donors (Lipinski definition) is 0. The third-order valence-corrected chi connectivity index (χ3v) is 2.05. The number of carbonyl (C=O) groups excluding carboxylic acids is 1. The van der Waals surface area contributed by atoms with Crippen LogP contribution in [0.2, 0.25) is 0 Å². The van der Waals surface area contributed by atoms with Crippen LogP contribution >= 0.6 is 0 Å². The Morgan fingerprint density at radius 1 is 1.58 bits per heavy atom. The van der Waals surface area contributed by atoms with Crippen LogP contribution in [0.25, 0.3) is 0 Å². The molecule has 0 spiro atoms. The Balaban J connectivity index is 2.26. The molecule has 0 bridgehead atoms. The smallest absolute Gasteiger partial charge is 0.309 e. The lowest BCUT2D eigenvalue weighted by molar-refractivity contribution is -0.148. The average Bonchev–Trinajstić information content (AvgIpc) is 2.15. The van der Waals surface area contributed by atoms with Gasteiger partial charge in [-0.3, -0.25) is 4.79 Å². The molecule has 0 saturated carbocycles. The van der Waals surface area contributed by atoms with E-state index in [4.69, 9.17) is 4.74 Å². The Hall–Kier alpha value is -0.790. The molecule has 1 rings (SSSR count). The molecule has 0 aromatic heterocycles. The second kappa shape index (κ2) is 4.96. The molecule has 1 unspecified atom stereocenters. The molecule has 0 aromatic carbocycles. The third kappa shape index (κ3) is 2.68. The van der Waals surface area contributed by atoms with Gasteiger partial charge in [-0.1, -0.05) is 19.1 Å². The summed E-state index contributed by atoms with van der Waals surface area (Å²) in [4.78, 5) is 11.3. The average molecular weight is 168 g/mol. The van der Waals surface area contributed by atoms with Gasteiger partial charge in [0.1, 0.15) is 0 Å². The summed E-state index contributed by atoms with van der Waals surface area (Å²) in [5.41, 5.74) is 0. The summed E-state index contributed by atoms with van der Waals surface area (Å²) in [7, 11) is 0. The van der Waals surface area contributed by atoms with Gasteiger partial charge in [0, 0.05) is 0 Å². The van der Waals surface area contributed by atoms with E-state index in [9.17, 15) is 4.79 Å². The van der Waals surface area contributed by atoms with Crippen LogP contribution in [-0.2, 0) is 9.53 Å². The molecule has 0 aliphatic heterocycles. The minimum absolute atomic E-state index is 0.0128. The van der Waals surface area contributed by atoms with Crippen LogP contribution in [0.1, 0.15) is 32.6 Å². The maximum absolute atomic E-state index is 11.3. The molecule has 1 aliphatic rings. The first-order valence-corrected chi connectivity index (χ1v) is 4.66. The zero-order chi connectivity index (χ0) is 8.81. The first kappa shape index (κ1) is 9.30. The number of rotatable bonds is 3. The first-order valence-electron chi connectivity index (χ1n) is 4.66. The lowest BCUT2D eigenvalue weighted by Crippen LogP contribution is -2.18. The van der Waals surface area contributed by atoms with Crippen molar-refractivity contribution in [3.8, 4) is 0 Å². The molecule has 0 amide bonds. The fourth-order valence-electron chi connectivity index (χ4n) is 1.33. The number of carbonyl (C=O) groups is 1. The van der Waals surface area contributed by atoms with E-state index in [0.717, 1.165) is 25.7 Å². The van der Waals surface area contributed by atoms with E-state index in [0.29, 0.717) is 6.61 Å². The summed E-state index contributed by atoms with van der Waals surface area (Å²) >= 11 is 0. The first-order chi connectivity index (χ1) is 5.84. The van der Waals surface area contributed by atoms with Crippen LogP contribution in [0.4, 0.5) is 0 Å². The summed E-state index contributed by atoms with van der Waals surface area (Å²) in [5, 5.41) is 0. The molecule has 0 saturated heterocycles. The Morgan fingerprint density at radius 2 is 2.42 bits per heavy atom. The molecule has 12 heavy (non-hydrogen) atoms. The van der Waals surface area contributed by atoms with Gasteiger partial charge in [-0.05, 0) is 25.7 Å². The number of ether oxygens (including phenoxy) is 1. The molecule has 0 N–H and O–H groups in total. The quantitative estimate of drug-likeness (QED) is 0.477. The van der Waals surface area contributed by atoms with Gasteiger partial charge in [0.25, 0.3) is 0 Å². The van der Waals surface area contributed by atoms with Crippen molar-refractivity contribution >= 4 is 5.97 Å². The van der Waals surface area contributed by atoms with Crippen molar-refractivity contribution in [1.29, 1.82) is 0 Å². The highest BCUT2D eigenvalue weighted by Gasteiger charge is 2.19. The Morgan fingerprint density at radius 3 is 3.00 bits per heavy atom. The monoisotopic (exact) mass is 168 g/mol. The molecule has 68 valence electrons. The van der Waals surface area contributed by atoms with Gasteiger partial charge >= 0.3 is 5.97 Å².